The third kappa shape index (κ3) is 3.07. The van der Waals surface area contributed by atoms with Gasteiger partial charge in [-0.1, -0.05) is 6.07 Å². The molecule has 78 valence electrons. The van der Waals surface area contributed by atoms with Crippen molar-refractivity contribution in [3.05, 3.63) is 45.6 Å². The summed E-state index contributed by atoms with van der Waals surface area (Å²) in [4.78, 5) is 20.2. The molecule has 0 bridgehead atoms. The van der Waals surface area contributed by atoms with Gasteiger partial charge >= 0.3 is 0 Å². The molecule has 0 aliphatic rings. The van der Waals surface area contributed by atoms with Gasteiger partial charge in [0.15, 0.2) is 0 Å². The number of benzene rings is 1. The van der Waals surface area contributed by atoms with E-state index in [0.717, 1.165) is 6.20 Å². The second-order valence-electron chi connectivity index (χ2n) is 2.65. The van der Waals surface area contributed by atoms with Crippen molar-refractivity contribution < 1.29 is 14.8 Å². The van der Waals surface area contributed by atoms with Crippen LogP contribution in [0.1, 0.15) is 15.9 Å². The molecule has 15 heavy (non-hydrogen) atoms. The van der Waals surface area contributed by atoms with E-state index in [2.05, 4.69) is 0 Å². The number of nitro groups is 1. The molecule has 1 aromatic carbocycles. The van der Waals surface area contributed by atoms with Crippen LogP contribution in [0.2, 0.25) is 0 Å². The van der Waals surface area contributed by atoms with Crippen LogP contribution in [-0.2, 0) is 0 Å². The number of rotatable bonds is 3. The number of nitrogens with zero attached hydrogens (tertiary/aromatic N) is 1. The number of hydrogen-bond acceptors (Lipinski definition) is 4. The van der Waals surface area contributed by atoms with E-state index in [9.17, 15) is 20.0 Å². The van der Waals surface area contributed by atoms with Crippen molar-refractivity contribution in [2.75, 3.05) is 0 Å². The molecule has 0 atom stereocenters. The van der Waals surface area contributed by atoms with Crippen LogP contribution in [0.4, 0.5) is 0 Å². The zero-order chi connectivity index (χ0) is 11.4. The Kier molecular flexibility index (Phi) is 3.41. The average Bonchev–Trinajstić information content (AvgIpc) is 2.16. The molecule has 0 heterocycles. The second-order valence-corrected chi connectivity index (χ2v) is 2.99. The average molecular weight is 228 g/mol. The molecule has 0 aliphatic heterocycles. The first-order chi connectivity index (χ1) is 7.00. The van der Waals surface area contributed by atoms with Crippen molar-refractivity contribution in [3.63, 3.8) is 0 Å². The minimum atomic E-state index is -0.816. The predicted molar refractivity (Wildman–Crippen MR) is 54.3 cm³/mol. The molecule has 0 unspecified atom stereocenters. The van der Waals surface area contributed by atoms with Gasteiger partial charge in [-0.15, -0.1) is 0 Å². The van der Waals surface area contributed by atoms with Crippen molar-refractivity contribution in [1.82, 2.24) is 0 Å². The van der Waals surface area contributed by atoms with Gasteiger partial charge in [-0.25, -0.2) is 0 Å². The van der Waals surface area contributed by atoms with E-state index in [0.29, 0.717) is 5.56 Å². The Bertz CT molecular complexity index is 442. The van der Waals surface area contributed by atoms with Gasteiger partial charge in [-0.2, -0.15) is 0 Å². The molecular formula is C9H6ClNO4. The summed E-state index contributed by atoms with van der Waals surface area (Å²) in [5.74, 6) is -0.256. The fourth-order valence-corrected chi connectivity index (χ4v) is 1.11. The number of hydrogen-bond donors (Lipinski definition) is 1. The van der Waals surface area contributed by atoms with Gasteiger partial charge in [0.2, 0.25) is 6.20 Å². The van der Waals surface area contributed by atoms with Crippen LogP contribution < -0.4 is 0 Å². The second kappa shape index (κ2) is 4.56. The summed E-state index contributed by atoms with van der Waals surface area (Å²) in [5, 5.41) is 18.4. The predicted octanol–water partition coefficient (Wildman–Crippen LogP) is 2.02. The number of carbonyl (C=O) groups excluding carboxylic acids is 1. The number of phenols is 1. The first kappa shape index (κ1) is 11.2. The lowest BCUT2D eigenvalue weighted by Crippen LogP contribution is -1.90. The van der Waals surface area contributed by atoms with E-state index < -0.39 is 10.2 Å². The van der Waals surface area contributed by atoms with E-state index in [1.807, 2.05) is 0 Å². The summed E-state index contributed by atoms with van der Waals surface area (Å²) in [6.07, 6.45) is 1.93. The molecule has 0 saturated heterocycles. The van der Waals surface area contributed by atoms with E-state index >= 15 is 0 Å². The molecule has 5 nitrogen and oxygen atoms in total. The van der Waals surface area contributed by atoms with Gasteiger partial charge in [0.05, 0.1) is 10.5 Å². The summed E-state index contributed by atoms with van der Waals surface area (Å²) in [6.45, 7) is 0. The molecule has 0 amide bonds. The highest BCUT2D eigenvalue weighted by molar-refractivity contribution is 6.68. The van der Waals surface area contributed by atoms with Crippen molar-refractivity contribution in [1.29, 1.82) is 0 Å². The lowest BCUT2D eigenvalue weighted by molar-refractivity contribution is -0.400. The monoisotopic (exact) mass is 227 g/mol. The van der Waals surface area contributed by atoms with Crippen LogP contribution in [0.5, 0.6) is 5.75 Å². The van der Waals surface area contributed by atoms with Gasteiger partial charge in [0.25, 0.3) is 5.24 Å². The third-order valence-electron chi connectivity index (χ3n) is 1.62. The highest BCUT2D eigenvalue weighted by atomic mass is 35.5. The van der Waals surface area contributed by atoms with Gasteiger partial charge in [0, 0.05) is 6.08 Å². The Balaban J connectivity index is 3.08. The maximum Gasteiger partial charge on any atom is 0.256 e. The molecule has 0 aliphatic carbocycles. The van der Waals surface area contributed by atoms with E-state index in [4.69, 9.17) is 11.6 Å². The van der Waals surface area contributed by atoms with Crippen LogP contribution in [0, 0.1) is 10.1 Å². The van der Waals surface area contributed by atoms with Crippen molar-refractivity contribution in [3.8, 4) is 5.75 Å². The highest BCUT2D eigenvalue weighted by Gasteiger charge is 2.08. The minimum Gasteiger partial charge on any atom is -0.507 e. The molecule has 0 radical (unpaired) electrons. The van der Waals surface area contributed by atoms with Crippen LogP contribution in [0.25, 0.3) is 6.08 Å². The highest BCUT2D eigenvalue weighted by Crippen LogP contribution is 2.20. The lowest BCUT2D eigenvalue weighted by atomic mass is 10.1. The first-order valence-electron chi connectivity index (χ1n) is 3.85. The molecule has 1 rings (SSSR count). The lowest BCUT2D eigenvalue weighted by Gasteiger charge is -1.99. The third-order valence-corrected chi connectivity index (χ3v) is 1.82. The van der Waals surface area contributed by atoms with Crippen LogP contribution in [-0.4, -0.2) is 15.3 Å². The molecule has 0 spiro atoms. The smallest absolute Gasteiger partial charge is 0.256 e. The minimum absolute atomic E-state index is 0.0813. The van der Waals surface area contributed by atoms with Crippen molar-refractivity contribution in [2.45, 2.75) is 0 Å². The molecule has 1 N–H and O–H groups in total. The van der Waals surface area contributed by atoms with E-state index in [-0.39, 0.29) is 11.3 Å². The largest absolute Gasteiger partial charge is 0.507 e. The molecule has 0 saturated carbocycles. The number of aromatic hydroxyl groups is 1. The van der Waals surface area contributed by atoms with Crippen LogP contribution >= 0.6 is 11.6 Å². The number of halogens is 1. The molecule has 1 aromatic rings. The fraction of sp³-hybridized carbons (Fsp3) is 0. The van der Waals surface area contributed by atoms with Crippen LogP contribution in [0.3, 0.4) is 0 Å². The first-order valence-corrected chi connectivity index (χ1v) is 4.23. The van der Waals surface area contributed by atoms with Crippen molar-refractivity contribution in [2.24, 2.45) is 0 Å². The van der Waals surface area contributed by atoms with Gasteiger partial charge in [-0.3, -0.25) is 14.9 Å². The molecule has 0 aromatic heterocycles. The zero-order valence-electron chi connectivity index (χ0n) is 7.38. The van der Waals surface area contributed by atoms with E-state index in [1.54, 1.807) is 0 Å². The van der Waals surface area contributed by atoms with Gasteiger partial charge < -0.3 is 5.11 Å². The summed E-state index contributed by atoms with van der Waals surface area (Å²) in [5.41, 5.74) is 0.329. The number of phenolic OH excluding ortho intramolecular Hbond substituents is 1. The Morgan fingerprint density at radius 2 is 2.20 bits per heavy atom. The Labute approximate surface area is 89.7 Å². The zero-order valence-corrected chi connectivity index (χ0v) is 8.14. The molecule has 0 fully saturated rings. The topological polar surface area (TPSA) is 80.4 Å². The quantitative estimate of drug-likeness (QED) is 0.487. The fourth-order valence-electron chi connectivity index (χ4n) is 0.962. The summed E-state index contributed by atoms with van der Waals surface area (Å²) < 4.78 is 0. The Hall–Kier alpha value is -1.88. The Morgan fingerprint density at radius 3 is 2.73 bits per heavy atom. The van der Waals surface area contributed by atoms with Crippen LogP contribution in [0.15, 0.2) is 24.4 Å². The van der Waals surface area contributed by atoms with Gasteiger partial charge in [0.1, 0.15) is 5.75 Å². The molecule has 6 heteroatoms. The summed E-state index contributed by atoms with van der Waals surface area (Å²) >= 11 is 5.19. The normalized spacial score (nSPS) is 10.5. The Morgan fingerprint density at radius 1 is 1.53 bits per heavy atom. The SMILES string of the molecule is O=C(Cl)c1cc(C=C[N+](=O)[O-])ccc1O. The summed E-state index contributed by atoms with van der Waals surface area (Å²) in [7, 11) is 0. The molecular weight excluding hydrogens is 222 g/mol. The maximum atomic E-state index is 10.8. The maximum absolute atomic E-state index is 10.8. The number of carbonyl (C=O) groups is 1. The summed E-state index contributed by atoms with van der Waals surface area (Å²) in [6, 6.07) is 3.94. The standard InChI is InChI=1S/C9H6ClNO4/c10-9(13)7-5-6(1-2-8(7)12)3-4-11(14)15/h1-5,12H. The van der Waals surface area contributed by atoms with Crippen molar-refractivity contribution >= 4 is 22.9 Å². The van der Waals surface area contributed by atoms with Gasteiger partial charge in [-0.05, 0) is 29.3 Å². The van der Waals surface area contributed by atoms with E-state index in [1.165, 1.54) is 24.3 Å².